The Balaban J connectivity index is 2.21. The first-order valence-electron chi connectivity index (χ1n) is 8.15. The number of carbonyl (C=O) groups is 1. The Labute approximate surface area is 128 Å². The van der Waals surface area contributed by atoms with E-state index in [9.17, 15) is 4.79 Å². The molecule has 0 bridgehead atoms. The van der Waals surface area contributed by atoms with Crippen LogP contribution in [0.15, 0.2) is 0 Å². The van der Waals surface area contributed by atoms with Gasteiger partial charge in [0.05, 0.1) is 13.2 Å². The Bertz CT molecular complexity index is 292. The molecule has 1 N–H and O–H groups in total. The molecule has 1 aliphatic heterocycles. The number of esters is 1. The monoisotopic (exact) mass is 301 g/mol. The summed E-state index contributed by atoms with van der Waals surface area (Å²) in [6.07, 6.45) is 6.04. The molecule has 5 heteroatoms. The van der Waals surface area contributed by atoms with Crippen LogP contribution < -0.4 is 5.32 Å². The van der Waals surface area contributed by atoms with E-state index in [1.807, 2.05) is 6.92 Å². The molecule has 1 unspecified atom stereocenters. The lowest BCUT2D eigenvalue weighted by molar-refractivity contribution is -0.148. The third kappa shape index (κ3) is 6.76. The van der Waals surface area contributed by atoms with E-state index in [1.165, 1.54) is 7.11 Å². The van der Waals surface area contributed by atoms with Crippen molar-refractivity contribution in [3.05, 3.63) is 0 Å². The van der Waals surface area contributed by atoms with Crippen molar-refractivity contribution in [1.29, 1.82) is 0 Å². The van der Waals surface area contributed by atoms with E-state index in [4.69, 9.17) is 14.2 Å². The average molecular weight is 301 g/mol. The third-order valence-electron chi connectivity index (χ3n) is 3.99. The molecule has 1 saturated heterocycles. The average Bonchev–Trinajstić information content (AvgIpc) is 2.52. The minimum absolute atomic E-state index is 0.179. The zero-order chi connectivity index (χ0) is 15.6. The number of hydrogen-bond donors (Lipinski definition) is 1. The summed E-state index contributed by atoms with van der Waals surface area (Å²) in [5.41, 5.74) is -0.580. The lowest BCUT2D eigenvalue weighted by atomic mass is 9.94. The fourth-order valence-electron chi connectivity index (χ4n) is 2.56. The van der Waals surface area contributed by atoms with E-state index in [1.54, 1.807) is 0 Å². The Morgan fingerprint density at radius 2 is 2.05 bits per heavy atom. The van der Waals surface area contributed by atoms with Crippen LogP contribution >= 0.6 is 0 Å². The Kier molecular flexibility index (Phi) is 8.88. The Hall–Kier alpha value is -0.650. The number of methoxy groups -OCH3 is 1. The standard InChI is InChI=1S/C16H31NO4/c1-4-10-17-16(2,15(18)19-3)9-5-6-11-21-14-7-12-20-13-8-14/h14,17H,4-13H2,1-3H3. The first kappa shape index (κ1) is 18.4. The first-order chi connectivity index (χ1) is 10.1. The van der Waals surface area contributed by atoms with Gasteiger partial charge in [0.25, 0.3) is 0 Å². The van der Waals surface area contributed by atoms with Crippen LogP contribution in [0.4, 0.5) is 0 Å². The van der Waals surface area contributed by atoms with Gasteiger partial charge in [-0.05, 0) is 52.0 Å². The molecule has 0 aromatic rings. The summed E-state index contributed by atoms with van der Waals surface area (Å²) in [7, 11) is 1.45. The Morgan fingerprint density at radius 1 is 1.33 bits per heavy atom. The lowest BCUT2D eigenvalue weighted by Crippen LogP contribution is -2.50. The van der Waals surface area contributed by atoms with Gasteiger partial charge in [-0.25, -0.2) is 0 Å². The Morgan fingerprint density at radius 3 is 2.67 bits per heavy atom. The second kappa shape index (κ2) is 10.1. The fraction of sp³-hybridized carbons (Fsp3) is 0.938. The van der Waals surface area contributed by atoms with Gasteiger partial charge in [0.1, 0.15) is 5.54 Å². The summed E-state index contributed by atoms with van der Waals surface area (Å²) < 4.78 is 16.1. The largest absolute Gasteiger partial charge is 0.468 e. The summed E-state index contributed by atoms with van der Waals surface area (Å²) in [6.45, 7) is 7.22. The summed E-state index contributed by atoms with van der Waals surface area (Å²) in [4.78, 5) is 11.9. The highest BCUT2D eigenvalue weighted by Gasteiger charge is 2.32. The predicted molar refractivity (Wildman–Crippen MR) is 82.4 cm³/mol. The molecule has 1 rings (SSSR count). The zero-order valence-electron chi connectivity index (χ0n) is 13.8. The normalized spacial score (nSPS) is 19.2. The predicted octanol–water partition coefficient (Wildman–Crippen LogP) is 2.28. The van der Waals surface area contributed by atoms with Crippen LogP contribution in [0.5, 0.6) is 0 Å². The molecule has 1 fully saturated rings. The molecule has 21 heavy (non-hydrogen) atoms. The lowest BCUT2D eigenvalue weighted by Gasteiger charge is -2.28. The molecule has 1 atom stereocenters. The number of rotatable bonds is 10. The molecule has 0 spiro atoms. The van der Waals surface area contributed by atoms with Gasteiger partial charge >= 0.3 is 5.97 Å². The number of nitrogens with one attached hydrogen (secondary N) is 1. The molecule has 0 aromatic heterocycles. The minimum Gasteiger partial charge on any atom is -0.468 e. The molecule has 5 nitrogen and oxygen atoms in total. The van der Waals surface area contributed by atoms with Gasteiger partial charge in [0, 0.05) is 19.8 Å². The molecule has 0 saturated carbocycles. The molecular weight excluding hydrogens is 270 g/mol. The van der Waals surface area contributed by atoms with Gasteiger partial charge in [-0.15, -0.1) is 0 Å². The van der Waals surface area contributed by atoms with Crippen LogP contribution in [0.25, 0.3) is 0 Å². The van der Waals surface area contributed by atoms with E-state index >= 15 is 0 Å². The van der Waals surface area contributed by atoms with Crippen LogP contribution in [-0.2, 0) is 19.0 Å². The molecule has 124 valence electrons. The van der Waals surface area contributed by atoms with Crippen LogP contribution in [0, 0.1) is 0 Å². The molecule has 0 radical (unpaired) electrons. The van der Waals surface area contributed by atoms with E-state index in [2.05, 4.69) is 12.2 Å². The van der Waals surface area contributed by atoms with E-state index < -0.39 is 5.54 Å². The van der Waals surface area contributed by atoms with Gasteiger partial charge in [0.15, 0.2) is 0 Å². The SMILES string of the molecule is CCCNC(C)(CCCCOC1CCOCC1)C(=O)OC. The molecule has 1 heterocycles. The number of hydrogen-bond acceptors (Lipinski definition) is 5. The van der Waals surface area contributed by atoms with Crippen molar-refractivity contribution < 1.29 is 19.0 Å². The van der Waals surface area contributed by atoms with Crippen LogP contribution in [0.3, 0.4) is 0 Å². The van der Waals surface area contributed by atoms with Crippen molar-refractivity contribution in [2.24, 2.45) is 0 Å². The topological polar surface area (TPSA) is 56.8 Å². The quantitative estimate of drug-likeness (QED) is 0.495. The van der Waals surface area contributed by atoms with Crippen LogP contribution in [-0.4, -0.2) is 51.1 Å². The van der Waals surface area contributed by atoms with Crippen molar-refractivity contribution >= 4 is 5.97 Å². The smallest absolute Gasteiger partial charge is 0.325 e. The third-order valence-corrected chi connectivity index (χ3v) is 3.99. The zero-order valence-corrected chi connectivity index (χ0v) is 13.8. The first-order valence-corrected chi connectivity index (χ1v) is 8.15. The highest BCUT2D eigenvalue weighted by Crippen LogP contribution is 2.17. The van der Waals surface area contributed by atoms with Crippen molar-refractivity contribution in [3.8, 4) is 0 Å². The summed E-state index contributed by atoms with van der Waals surface area (Å²) >= 11 is 0. The fourth-order valence-corrected chi connectivity index (χ4v) is 2.56. The highest BCUT2D eigenvalue weighted by atomic mass is 16.5. The second-order valence-corrected chi connectivity index (χ2v) is 5.89. The molecule has 1 aliphatic rings. The number of unbranched alkanes of at least 4 members (excludes halogenated alkanes) is 1. The van der Waals surface area contributed by atoms with Gasteiger partial charge in [0.2, 0.25) is 0 Å². The number of carbonyl (C=O) groups excluding carboxylic acids is 1. The van der Waals surface area contributed by atoms with Crippen LogP contribution in [0.1, 0.15) is 52.4 Å². The minimum atomic E-state index is -0.580. The molecule has 0 amide bonds. The van der Waals surface area contributed by atoms with Crippen molar-refractivity contribution in [2.45, 2.75) is 64.0 Å². The van der Waals surface area contributed by atoms with E-state index in [0.29, 0.717) is 6.10 Å². The molecule has 0 aliphatic carbocycles. The van der Waals surface area contributed by atoms with Crippen LogP contribution in [0.2, 0.25) is 0 Å². The highest BCUT2D eigenvalue weighted by molar-refractivity contribution is 5.80. The molecule has 0 aromatic carbocycles. The van der Waals surface area contributed by atoms with Crippen molar-refractivity contribution in [3.63, 3.8) is 0 Å². The number of ether oxygens (including phenoxy) is 3. The second-order valence-electron chi connectivity index (χ2n) is 5.89. The van der Waals surface area contributed by atoms with Gasteiger partial charge in [-0.3, -0.25) is 4.79 Å². The van der Waals surface area contributed by atoms with Gasteiger partial charge < -0.3 is 19.5 Å². The summed E-state index contributed by atoms with van der Waals surface area (Å²) in [5, 5.41) is 3.30. The van der Waals surface area contributed by atoms with E-state index in [-0.39, 0.29) is 5.97 Å². The molecular formula is C16H31NO4. The van der Waals surface area contributed by atoms with Gasteiger partial charge in [-0.1, -0.05) is 6.92 Å². The maximum Gasteiger partial charge on any atom is 0.325 e. The van der Waals surface area contributed by atoms with Crippen molar-refractivity contribution in [1.82, 2.24) is 5.32 Å². The maximum absolute atomic E-state index is 11.9. The van der Waals surface area contributed by atoms with E-state index in [0.717, 1.165) is 64.9 Å². The summed E-state index contributed by atoms with van der Waals surface area (Å²) in [6, 6.07) is 0. The maximum atomic E-state index is 11.9. The summed E-state index contributed by atoms with van der Waals surface area (Å²) in [5.74, 6) is -0.179. The van der Waals surface area contributed by atoms with Crippen molar-refractivity contribution in [2.75, 3.05) is 33.5 Å². The van der Waals surface area contributed by atoms with Gasteiger partial charge in [-0.2, -0.15) is 0 Å².